The number of aromatic nitrogens is 5. The molecule has 0 bridgehead atoms. The number of nitriles is 1. The Kier molecular flexibility index (Phi) is 4.10. The second kappa shape index (κ2) is 6.72. The maximum Gasteiger partial charge on any atom is 0.150 e. The monoisotopic (exact) mass is 356 g/mol. The first-order valence-corrected chi connectivity index (χ1v) is 8.34. The number of rotatable bonds is 4. The largest absolute Gasteiger partial charge is 0.382 e. The molecule has 0 aliphatic carbocycles. The molecule has 1 aromatic carbocycles. The molecule has 27 heavy (non-hydrogen) atoms. The number of para-hydroxylation sites is 2. The summed E-state index contributed by atoms with van der Waals surface area (Å²) in [6, 6.07) is 13.5. The van der Waals surface area contributed by atoms with Crippen molar-refractivity contribution < 1.29 is 0 Å². The Balaban J connectivity index is 1.82. The van der Waals surface area contributed by atoms with Crippen molar-refractivity contribution in [1.82, 2.24) is 24.5 Å². The Morgan fingerprint density at radius 2 is 2.04 bits per heavy atom. The van der Waals surface area contributed by atoms with Crippen molar-refractivity contribution in [1.29, 1.82) is 5.26 Å². The van der Waals surface area contributed by atoms with Crippen molar-refractivity contribution in [3.8, 4) is 11.8 Å². The highest BCUT2D eigenvalue weighted by Crippen LogP contribution is 2.27. The van der Waals surface area contributed by atoms with Gasteiger partial charge in [-0.2, -0.15) is 5.26 Å². The molecule has 8 heteroatoms. The Bertz CT molecular complexity index is 1140. The molecule has 132 valence electrons. The average molecular weight is 356 g/mol. The van der Waals surface area contributed by atoms with Crippen LogP contribution in [0, 0.1) is 11.3 Å². The molecule has 3 heterocycles. The van der Waals surface area contributed by atoms with E-state index in [-0.39, 0.29) is 17.4 Å². The molecule has 0 amide bonds. The fourth-order valence-electron chi connectivity index (χ4n) is 2.98. The van der Waals surface area contributed by atoms with E-state index in [0.717, 1.165) is 22.5 Å². The van der Waals surface area contributed by atoms with Gasteiger partial charge >= 0.3 is 0 Å². The summed E-state index contributed by atoms with van der Waals surface area (Å²) >= 11 is 0. The number of nitrogens with zero attached hydrogens (tertiary/aromatic N) is 6. The normalized spacial score (nSPS) is 11.9. The van der Waals surface area contributed by atoms with Gasteiger partial charge < -0.3 is 11.1 Å². The number of nitrogens with two attached hydrogens (primary N) is 1. The highest BCUT2D eigenvalue weighted by Gasteiger charge is 2.20. The Morgan fingerprint density at radius 1 is 1.19 bits per heavy atom. The number of benzene rings is 1. The molecule has 0 radical (unpaired) electrons. The van der Waals surface area contributed by atoms with E-state index in [9.17, 15) is 5.26 Å². The van der Waals surface area contributed by atoms with E-state index in [1.807, 2.05) is 54.0 Å². The first-order valence-electron chi connectivity index (χ1n) is 8.34. The molecule has 3 aromatic heterocycles. The average Bonchev–Trinajstić information content (AvgIpc) is 3.08. The Labute approximate surface area is 155 Å². The molecule has 0 saturated heterocycles. The van der Waals surface area contributed by atoms with E-state index >= 15 is 0 Å². The lowest BCUT2D eigenvalue weighted by Gasteiger charge is -2.17. The van der Waals surface area contributed by atoms with Gasteiger partial charge in [-0.05, 0) is 31.2 Å². The second-order valence-corrected chi connectivity index (χ2v) is 5.97. The third-order valence-electron chi connectivity index (χ3n) is 4.22. The molecule has 0 unspecified atom stereocenters. The van der Waals surface area contributed by atoms with E-state index in [1.165, 1.54) is 6.33 Å². The summed E-state index contributed by atoms with van der Waals surface area (Å²) in [5.41, 5.74) is 8.74. The van der Waals surface area contributed by atoms with E-state index in [0.29, 0.717) is 5.82 Å². The van der Waals surface area contributed by atoms with Crippen molar-refractivity contribution in [3.63, 3.8) is 0 Å². The Hall–Kier alpha value is -3.99. The summed E-state index contributed by atoms with van der Waals surface area (Å²) in [5.74, 6) is 1.29. The van der Waals surface area contributed by atoms with Crippen LogP contribution in [-0.4, -0.2) is 24.5 Å². The van der Waals surface area contributed by atoms with Crippen LogP contribution in [0.1, 0.15) is 24.4 Å². The van der Waals surface area contributed by atoms with Crippen molar-refractivity contribution in [2.24, 2.45) is 0 Å². The summed E-state index contributed by atoms with van der Waals surface area (Å²) in [6.07, 6.45) is 4.84. The molecular formula is C19H16N8. The summed E-state index contributed by atoms with van der Waals surface area (Å²) in [6.45, 7) is 1.95. The predicted molar refractivity (Wildman–Crippen MR) is 102 cm³/mol. The number of anilines is 2. The molecule has 3 N–H and O–H groups in total. The maximum absolute atomic E-state index is 9.35. The third-order valence-corrected chi connectivity index (χ3v) is 4.22. The van der Waals surface area contributed by atoms with Crippen molar-refractivity contribution >= 4 is 22.7 Å². The fraction of sp³-hybridized carbons (Fsp3) is 0.105. The lowest BCUT2D eigenvalue weighted by molar-refractivity contribution is 0.766. The number of nitrogen functional groups attached to an aromatic ring is 1. The van der Waals surface area contributed by atoms with Gasteiger partial charge in [0.2, 0.25) is 0 Å². The van der Waals surface area contributed by atoms with E-state index in [1.54, 1.807) is 12.4 Å². The predicted octanol–water partition coefficient (Wildman–Crippen LogP) is 2.84. The van der Waals surface area contributed by atoms with Gasteiger partial charge in [0.25, 0.3) is 0 Å². The minimum Gasteiger partial charge on any atom is -0.382 e. The minimum atomic E-state index is -0.251. The van der Waals surface area contributed by atoms with Gasteiger partial charge in [-0.25, -0.2) is 15.0 Å². The maximum atomic E-state index is 9.35. The lowest BCUT2D eigenvalue weighted by atomic mass is 10.2. The van der Waals surface area contributed by atoms with Crippen LogP contribution in [0.5, 0.6) is 0 Å². The number of pyridine rings is 1. The highest BCUT2D eigenvalue weighted by molar-refractivity contribution is 5.78. The van der Waals surface area contributed by atoms with Crippen LogP contribution in [0.4, 0.5) is 11.6 Å². The van der Waals surface area contributed by atoms with Crippen LogP contribution in [0.25, 0.3) is 16.7 Å². The van der Waals surface area contributed by atoms with Gasteiger partial charge in [0.15, 0.2) is 0 Å². The number of hydrogen-bond donors (Lipinski definition) is 2. The first-order chi connectivity index (χ1) is 13.2. The third kappa shape index (κ3) is 2.91. The van der Waals surface area contributed by atoms with Crippen LogP contribution in [0.15, 0.2) is 55.1 Å². The van der Waals surface area contributed by atoms with Crippen LogP contribution in [-0.2, 0) is 0 Å². The number of imidazole rings is 1. The van der Waals surface area contributed by atoms with Crippen LogP contribution in [0.2, 0.25) is 0 Å². The van der Waals surface area contributed by atoms with Gasteiger partial charge in [0.05, 0.1) is 29.0 Å². The van der Waals surface area contributed by atoms with Gasteiger partial charge in [-0.1, -0.05) is 12.1 Å². The van der Waals surface area contributed by atoms with Crippen LogP contribution in [0.3, 0.4) is 0 Å². The second-order valence-electron chi connectivity index (χ2n) is 5.97. The quantitative estimate of drug-likeness (QED) is 0.577. The molecule has 0 aliphatic rings. The zero-order chi connectivity index (χ0) is 18.8. The zero-order valence-electron chi connectivity index (χ0n) is 14.5. The van der Waals surface area contributed by atoms with Gasteiger partial charge in [0, 0.05) is 6.20 Å². The zero-order valence-corrected chi connectivity index (χ0v) is 14.5. The van der Waals surface area contributed by atoms with Gasteiger partial charge in [0.1, 0.15) is 35.4 Å². The number of nitrogens with one attached hydrogen (secondary N) is 1. The molecule has 0 spiro atoms. The summed E-state index contributed by atoms with van der Waals surface area (Å²) in [4.78, 5) is 17.0. The van der Waals surface area contributed by atoms with E-state index < -0.39 is 0 Å². The first kappa shape index (κ1) is 16.5. The summed E-state index contributed by atoms with van der Waals surface area (Å²) in [7, 11) is 0. The molecule has 4 rings (SSSR count). The van der Waals surface area contributed by atoms with Crippen LogP contribution >= 0.6 is 0 Å². The van der Waals surface area contributed by atoms with E-state index in [2.05, 4.69) is 20.3 Å². The molecule has 1 atom stereocenters. The van der Waals surface area contributed by atoms with Gasteiger partial charge in [-0.3, -0.25) is 9.55 Å². The molecule has 0 aliphatic heterocycles. The molecule has 4 aromatic rings. The van der Waals surface area contributed by atoms with Gasteiger partial charge in [-0.15, -0.1) is 0 Å². The molecule has 0 saturated carbocycles. The lowest BCUT2D eigenvalue weighted by Crippen LogP contribution is -2.15. The van der Waals surface area contributed by atoms with Crippen molar-refractivity contribution in [2.75, 3.05) is 11.1 Å². The standard InChI is InChI=1S/C19H16N8/c1-12(25-18-14(9-20)17(21)23-11-24-18)19-26-15-6-2-3-7-16(15)27(19)13-5-4-8-22-10-13/h2-8,10-12H,1H3,(H3,21,23,24,25)/t12-/m0/s1. The van der Waals surface area contributed by atoms with E-state index in [4.69, 9.17) is 10.7 Å². The number of fused-ring (bicyclic) bond motifs is 1. The smallest absolute Gasteiger partial charge is 0.150 e. The fourth-order valence-corrected chi connectivity index (χ4v) is 2.98. The topological polar surface area (TPSA) is 118 Å². The highest BCUT2D eigenvalue weighted by atomic mass is 15.2. The van der Waals surface area contributed by atoms with Crippen LogP contribution < -0.4 is 11.1 Å². The minimum absolute atomic E-state index is 0.142. The van der Waals surface area contributed by atoms with Crippen molar-refractivity contribution in [3.05, 3.63) is 66.5 Å². The Morgan fingerprint density at radius 3 is 2.81 bits per heavy atom. The number of hydrogen-bond acceptors (Lipinski definition) is 7. The molecular weight excluding hydrogens is 340 g/mol. The molecule has 8 nitrogen and oxygen atoms in total. The SMILES string of the molecule is C[C@H](Nc1ncnc(N)c1C#N)c1nc2ccccc2n1-c1cccnc1. The summed E-state index contributed by atoms with van der Waals surface area (Å²) in [5, 5.41) is 12.6. The summed E-state index contributed by atoms with van der Waals surface area (Å²) < 4.78 is 2.04. The van der Waals surface area contributed by atoms with Crippen molar-refractivity contribution in [2.45, 2.75) is 13.0 Å². The molecule has 0 fully saturated rings.